The Bertz CT molecular complexity index is 368. The molecule has 0 spiro atoms. The first-order valence-corrected chi connectivity index (χ1v) is 4.44. The second-order valence-corrected chi connectivity index (χ2v) is 3.72. The summed E-state index contributed by atoms with van der Waals surface area (Å²) >= 11 is 0. The molecule has 6 heteroatoms. The van der Waals surface area contributed by atoms with Crippen molar-refractivity contribution in [2.45, 2.75) is 31.3 Å². The molecule has 0 radical (unpaired) electrons. The normalized spacial score (nSPS) is 20.4. The fraction of sp³-hybridized carbons (Fsp3) is 0.625. The lowest BCUT2D eigenvalue weighted by Gasteiger charge is -2.15. The summed E-state index contributed by atoms with van der Waals surface area (Å²) in [6.45, 7) is 1.65. The zero-order chi connectivity index (χ0) is 10.3. The van der Waals surface area contributed by atoms with Crippen LogP contribution in [0.25, 0.3) is 0 Å². The number of aromatic amines is 1. The summed E-state index contributed by atoms with van der Waals surface area (Å²) in [5.74, 6) is 0. The Morgan fingerprint density at radius 2 is 2.43 bits per heavy atom. The van der Waals surface area contributed by atoms with E-state index in [0.29, 0.717) is 5.69 Å². The van der Waals surface area contributed by atoms with Crippen molar-refractivity contribution in [3.05, 3.63) is 22.0 Å². The molecule has 2 rings (SSSR count). The molecule has 76 valence electrons. The van der Waals surface area contributed by atoms with E-state index >= 15 is 0 Å². The largest absolute Gasteiger partial charge is 0.392 e. The maximum absolute atomic E-state index is 10.6. The van der Waals surface area contributed by atoms with Gasteiger partial charge in [0.2, 0.25) is 0 Å². The third kappa shape index (κ3) is 1.11. The van der Waals surface area contributed by atoms with Crippen molar-refractivity contribution in [1.29, 1.82) is 0 Å². The Labute approximate surface area is 80.1 Å². The Morgan fingerprint density at radius 1 is 1.79 bits per heavy atom. The number of rotatable bonds is 3. The molecule has 0 saturated heterocycles. The van der Waals surface area contributed by atoms with Crippen molar-refractivity contribution in [2.75, 3.05) is 0 Å². The Morgan fingerprint density at radius 3 is 2.86 bits per heavy atom. The van der Waals surface area contributed by atoms with Gasteiger partial charge in [0.15, 0.2) is 0 Å². The molecule has 1 heterocycles. The topological polar surface area (TPSA) is 92.0 Å². The number of nitrogens with zero attached hydrogens (tertiary/aromatic N) is 2. The van der Waals surface area contributed by atoms with E-state index in [1.54, 1.807) is 6.92 Å². The smallest absolute Gasteiger partial charge is 0.310 e. The highest BCUT2D eigenvalue weighted by Crippen LogP contribution is 2.52. The van der Waals surface area contributed by atoms with Gasteiger partial charge in [0.25, 0.3) is 0 Å². The van der Waals surface area contributed by atoms with Crippen molar-refractivity contribution in [3.63, 3.8) is 0 Å². The molecule has 0 bridgehead atoms. The van der Waals surface area contributed by atoms with Crippen LogP contribution < -0.4 is 0 Å². The second kappa shape index (κ2) is 2.78. The fourth-order valence-electron chi connectivity index (χ4n) is 1.80. The molecule has 0 amide bonds. The number of hydrogen-bond donors (Lipinski definition) is 2. The van der Waals surface area contributed by atoms with E-state index in [1.165, 1.54) is 6.20 Å². The van der Waals surface area contributed by atoms with Crippen LogP contribution in [0.5, 0.6) is 0 Å². The number of aliphatic hydroxyl groups excluding tert-OH is 1. The molecule has 6 nitrogen and oxygen atoms in total. The van der Waals surface area contributed by atoms with E-state index in [4.69, 9.17) is 0 Å². The van der Waals surface area contributed by atoms with Gasteiger partial charge in [0.05, 0.1) is 11.0 Å². The lowest BCUT2D eigenvalue weighted by atomic mass is 9.95. The van der Waals surface area contributed by atoms with Gasteiger partial charge in [-0.1, -0.05) is 0 Å². The van der Waals surface area contributed by atoms with E-state index in [0.717, 1.165) is 12.8 Å². The predicted molar refractivity (Wildman–Crippen MR) is 47.8 cm³/mol. The molecule has 0 aliphatic heterocycles. The minimum Gasteiger partial charge on any atom is -0.392 e. The Balaban J connectivity index is 2.42. The average molecular weight is 197 g/mol. The third-order valence-electron chi connectivity index (χ3n) is 2.90. The van der Waals surface area contributed by atoms with Crippen molar-refractivity contribution in [3.8, 4) is 0 Å². The van der Waals surface area contributed by atoms with Crippen molar-refractivity contribution >= 4 is 5.69 Å². The minimum atomic E-state index is -0.582. The average Bonchev–Trinajstić information content (AvgIpc) is 2.77. The molecule has 1 saturated carbocycles. The first kappa shape index (κ1) is 9.14. The molecular weight excluding hydrogens is 186 g/mol. The van der Waals surface area contributed by atoms with Crippen molar-refractivity contribution in [1.82, 2.24) is 10.2 Å². The molecule has 1 atom stereocenters. The highest BCUT2D eigenvalue weighted by molar-refractivity contribution is 5.42. The molecular formula is C8H11N3O3. The van der Waals surface area contributed by atoms with E-state index in [2.05, 4.69) is 10.2 Å². The van der Waals surface area contributed by atoms with Crippen LogP contribution in [0.3, 0.4) is 0 Å². The monoisotopic (exact) mass is 197 g/mol. The number of hydrogen-bond acceptors (Lipinski definition) is 4. The van der Waals surface area contributed by atoms with Gasteiger partial charge in [-0.2, -0.15) is 5.10 Å². The van der Waals surface area contributed by atoms with Gasteiger partial charge in [-0.05, 0) is 19.8 Å². The number of aromatic nitrogens is 2. The summed E-state index contributed by atoms with van der Waals surface area (Å²) < 4.78 is 0. The Hall–Kier alpha value is -1.43. The van der Waals surface area contributed by atoms with Gasteiger partial charge in [0.1, 0.15) is 11.9 Å². The lowest BCUT2D eigenvalue weighted by molar-refractivity contribution is -0.386. The van der Waals surface area contributed by atoms with Crippen LogP contribution in [0, 0.1) is 10.1 Å². The summed E-state index contributed by atoms with van der Waals surface area (Å²) in [4.78, 5) is 10.2. The first-order chi connectivity index (χ1) is 6.58. The summed E-state index contributed by atoms with van der Waals surface area (Å²) in [5, 5.41) is 26.5. The molecule has 1 aliphatic rings. The number of aliphatic hydroxyl groups is 1. The maximum Gasteiger partial charge on any atom is 0.310 e. The van der Waals surface area contributed by atoms with Crippen LogP contribution in [0.1, 0.15) is 25.5 Å². The summed E-state index contributed by atoms with van der Waals surface area (Å²) in [7, 11) is 0. The molecule has 1 fully saturated rings. The zero-order valence-corrected chi connectivity index (χ0v) is 7.73. The molecule has 1 aromatic heterocycles. The first-order valence-electron chi connectivity index (χ1n) is 4.44. The second-order valence-electron chi connectivity index (χ2n) is 3.72. The van der Waals surface area contributed by atoms with Crippen LogP contribution in [-0.4, -0.2) is 26.3 Å². The predicted octanol–water partition coefficient (Wildman–Crippen LogP) is 0.730. The van der Waals surface area contributed by atoms with Gasteiger partial charge in [-0.25, -0.2) is 0 Å². The summed E-state index contributed by atoms with van der Waals surface area (Å²) in [6.07, 6.45) is 2.15. The SMILES string of the molecule is CC(O)C1(c2[nH]ncc2[N+](=O)[O-])CC1. The fourth-order valence-corrected chi connectivity index (χ4v) is 1.80. The van der Waals surface area contributed by atoms with E-state index in [9.17, 15) is 15.2 Å². The van der Waals surface area contributed by atoms with E-state index in [-0.39, 0.29) is 5.69 Å². The van der Waals surface area contributed by atoms with Crippen LogP contribution >= 0.6 is 0 Å². The number of nitro groups is 1. The Kier molecular flexibility index (Phi) is 1.81. The van der Waals surface area contributed by atoms with Crippen LogP contribution in [0.2, 0.25) is 0 Å². The molecule has 2 N–H and O–H groups in total. The van der Waals surface area contributed by atoms with E-state index < -0.39 is 16.4 Å². The summed E-state index contributed by atoms with van der Waals surface area (Å²) in [6, 6.07) is 0. The lowest BCUT2D eigenvalue weighted by Crippen LogP contribution is -2.23. The zero-order valence-electron chi connectivity index (χ0n) is 7.73. The number of H-pyrrole nitrogens is 1. The number of nitrogens with one attached hydrogen (secondary N) is 1. The highest BCUT2D eigenvalue weighted by atomic mass is 16.6. The third-order valence-corrected chi connectivity index (χ3v) is 2.90. The quantitative estimate of drug-likeness (QED) is 0.551. The van der Waals surface area contributed by atoms with Gasteiger partial charge < -0.3 is 5.11 Å². The minimum absolute atomic E-state index is 0.0246. The molecule has 14 heavy (non-hydrogen) atoms. The van der Waals surface area contributed by atoms with E-state index in [1.807, 2.05) is 0 Å². The van der Waals surface area contributed by atoms with Gasteiger partial charge in [-0.3, -0.25) is 15.2 Å². The maximum atomic E-state index is 10.6. The van der Waals surface area contributed by atoms with Crippen LogP contribution in [0.4, 0.5) is 5.69 Å². The standard InChI is InChI=1S/C8H11N3O3/c1-5(12)8(2-3-8)7-6(11(13)14)4-9-10-7/h4-5,12H,2-3H2,1H3,(H,9,10). The van der Waals surface area contributed by atoms with Crippen molar-refractivity contribution in [2.24, 2.45) is 0 Å². The van der Waals surface area contributed by atoms with Crippen LogP contribution in [0.15, 0.2) is 6.20 Å². The highest BCUT2D eigenvalue weighted by Gasteiger charge is 2.53. The van der Waals surface area contributed by atoms with Gasteiger partial charge in [-0.15, -0.1) is 0 Å². The van der Waals surface area contributed by atoms with Crippen LogP contribution in [-0.2, 0) is 5.41 Å². The van der Waals surface area contributed by atoms with Gasteiger partial charge in [0, 0.05) is 5.41 Å². The van der Waals surface area contributed by atoms with Gasteiger partial charge >= 0.3 is 5.69 Å². The summed E-state index contributed by atoms with van der Waals surface area (Å²) in [5.41, 5.74) is -0.0280. The van der Waals surface area contributed by atoms with Crippen molar-refractivity contribution < 1.29 is 10.0 Å². The molecule has 1 aliphatic carbocycles. The molecule has 1 aromatic rings. The molecule has 0 aromatic carbocycles. The molecule has 1 unspecified atom stereocenters.